The number of carbonyl (C=O) groups excluding carboxylic acids is 1. The Bertz CT molecular complexity index is 939. The van der Waals surface area contributed by atoms with Crippen molar-refractivity contribution < 1.29 is 9.72 Å². The summed E-state index contributed by atoms with van der Waals surface area (Å²) in [4.78, 5) is 27.1. The lowest BCUT2D eigenvalue weighted by Gasteiger charge is -2.05. The second-order valence-corrected chi connectivity index (χ2v) is 6.20. The van der Waals surface area contributed by atoms with Gasteiger partial charge in [-0.1, -0.05) is 35.1 Å². The van der Waals surface area contributed by atoms with E-state index in [2.05, 4.69) is 10.3 Å². The van der Waals surface area contributed by atoms with Crippen molar-refractivity contribution in [2.75, 3.05) is 5.32 Å². The number of nitrogens with one attached hydrogen (secondary N) is 1. The smallest absolute Gasteiger partial charge is 0.273 e. The molecule has 0 aliphatic heterocycles. The van der Waals surface area contributed by atoms with E-state index in [-0.39, 0.29) is 11.3 Å². The number of amides is 1. The first kappa shape index (κ1) is 15.4. The topological polar surface area (TPSA) is 85.1 Å². The number of para-hydroxylation sites is 1. The van der Waals surface area contributed by atoms with E-state index in [4.69, 9.17) is 11.6 Å². The van der Waals surface area contributed by atoms with Crippen LogP contribution in [0.5, 0.6) is 0 Å². The quantitative estimate of drug-likeness (QED) is 0.561. The highest BCUT2D eigenvalue weighted by atomic mass is 35.5. The Morgan fingerprint density at radius 1 is 1.30 bits per heavy atom. The van der Waals surface area contributed by atoms with Gasteiger partial charge < -0.3 is 0 Å². The Hall–Kier alpha value is -2.51. The molecular weight excluding hydrogens is 338 g/mol. The molecule has 1 heterocycles. The third-order valence-corrected chi connectivity index (χ3v) is 4.58. The van der Waals surface area contributed by atoms with Gasteiger partial charge in [-0.3, -0.25) is 20.2 Å². The molecular formula is C15H10ClN3O3S. The fourth-order valence-corrected chi connectivity index (χ4v) is 3.36. The molecule has 0 spiro atoms. The minimum Gasteiger partial charge on any atom is -0.298 e. The Labute approximate surface area is 139 Å². The predicted octanol–water partition coefficient (Wildman–Crippen LogP) is 4.42. The minimum atomic E-state index is -0.510. The van der Waals surface area contributed by atoms with E-state index in [0.717, 1.165) is 4.70 Å². The summed E-state index contributed by atoms with van der Waals surface area (Å²) < 4.78 is 0.851. The maximum atomic E-state index is 12.4. The van der Waals surface area contributed by atoms with Gasteiger partial charge in [-0.15, -0.1) is 0 Å². The number of hydrogen-bond donors (Lipinski definition) is 1. The third-order valence-electron chi connectivity index (χ3n) is 3.34. The summed E-state index contributed by atoms with van der Waals surface area (Å²) in [6, 6.07) is 9.77. The fourth-order valence-electron chi connectivity index (χ4n) is 2.20. The first-order valence-corrected chi connectivity index (χ1v) is 7.77. The molecule has 0 radical (unpaired) electrons. The highest BCUT2D eigenvalue weighted by Gasteiger charge is 2.19. The van der Waals surface area contributed by atoms with Crippen LogP contribution in [0.25, 0.3) is 10.2 Å². The summed E-state index contributed by atoms with van der Waals surface area (Å²) in [5, 5.41) is 14.5. The van der Waals surface area contributed by atoms with Gasteiger partial charge in [-0.05, 0) is 25.1 Å². The molecule has 0 unspecified atom stereocenters. The molecule has 3 rings (SSSR count). The number of benzene rings is 2. The van der Waals surface area contributed by atoms with Gasteiger partial charge in [0.25, 0.3) is 11.6 Å². The fraction of sp³-hybridized carbons (Fsp3) is 0.0667. The zero-order chi connectivity index (χ0) is 16.6. The van der Waals surface area contributed by atoms with Gasteiger partial charge in [0.05, 0.1) is 14.6 Å². The molecule has 0 bridgehead atoms. The number of thiazole rings is 1. The van der Waals surface area contributed by atoms with Crippen molar-refractivity contribution in [2.45, 2.75) is 6.92 Å². The van der Waals surface area contributed by atoms with E-state index >= 15 is 0 Å². The Morgan fingerprint density at radius 2 is 2.04 bits per heavy atom. The number of halogens is 1. The normalized spacial score (nSPS) is 10.7. The van der Waals surface area contributed by atoms with Gasteiger partial charge in [0, 0.05) is 17.2 Å². The molecule has 0 atom stereocenters. The number of carbonyl (C=O) groups is 1. The first-order valence-electron chi connectivity index (χ1n) is 6.58. The average molecular weight is 348 g/mol. The summed E-state index contributed by atoms with van der Waals surface area (Å²) in [7, 11) is 0. The van der Waals surface area contributed by atoms with Crippen molar-refractivity contribution in [3.63, 3.8) is 0 Å². The van der Waals surface area contributed by atoms with Crippen LogP contribution in [0.4, 0.5) is 10.8 Å². The van der Waals surface area contributed by atoms with E-state index < -0.39 is 10.8 Å². The Kier molecular flexibility index (Phi) is 3.97. The lowest BCUT2D eigenvalue weighted by molar-refractivity contribution is -0.385. The van der Waals surface area contributed by atoms with Gasteiger partial charge in [0.1, 0.15) is 5.52 Å². The van der Waals surface area contributed by atoms with Gasteiger partial charge in [-0.25, -0.2) is 4.98 Å². The molecule has 8 heteroatoms. The summed E-state index contributed by atoms with van der Waals surface area (Å²) in [5.74, 6) is -0.443. The predicted molar refractivity (Wildman–Crippen MR) is 90.4 cm³/mol. The summed E-state index contributed by atoms with van der Waals surface area (Å²) in [6.45, 7) is 1.54. The molecule has 0 saturated heterocycles. The first-order chi connectivity index (χ1) is 11.0. The van der Waals surface area contributed by atoms with Crippen LogP contribution in [0.15, 0.2) is 36.4 Å². The molecule has 6 nitrogen and oxygen atoms in total. The van der Waals surface area contributed by atoms with Crippen molar-refractivity contribution in [1.82, 2.24) is 4.98 Å². The van der Waals surface area contributed by atoms with Crippen LogP contribution in [-0.4, -0.2) is 15.8 Å². The van der Waals surface area contributed by atoms with Crippen molar-refractivity contribution in [3.8, 4) is 0 Å². The lowest BCUT2D eigenvalue weighted by atomic mass is 10.1. The van der Waals surface area contributed by atoms with Gasteiger partial charge in [0.15, 0.2) is 5.13 Å². The number of nitro groups is 1. The van der Waals surface area contributed by atoms with E-state index in [9.17, 15) is 14.9 Å². The molecule has 0 aliphatic carbocycles. The summed E-state index contributed by atoms with van der Waals surface area (Å²) in [6.07, 6.45) is 0. The van der Waals surface area contributed by atoms with Crippen LogP contribution in [0.1, 0.15) is 15.9 Å². The van der Waals surface area contributed by atoms with Crippen LogP contribution < -0.4 is 5.32 Å². The second kappa shape index (κ2) is 5.94. The van der Waals surface area contributed by atoms with E-state index in [1.54, 1.807) is 19.1 Å². The van der Waals surface area contributed by atoms with Crippen LogP contribution >= 0.6 is 22.9 Å². The molecule has 0 aliphatic rings. The number of anilines is 1. The molecule has 1 aromatic heterocycles. The largest absolute Gasteiger partial charge is 0.298 e. The highest BCUT2D eigenvalue weighted by Crippen LogP contribution is 2.31. The third kappa shape index (κ3) is 2.88. The maximum Gasteiger partial charge on any atom is 0.273 e. The number of hydrogen-bond acceptors (Lipinski definition) is 5. The number of rotatable bonds is 3. The molecule has 116 valence electrons. The van der Waals surface area contributed by atoms with Crippen LogP contribution in [0.3, 0.4) is 0 Å². The minimum absolute atomic E-state index is 0.0926. The highest BCUT2D eigenvalue weighted by molar-refractivity contribution is 7.22. The van der Waals surface area contributed by atoms with E-state index in [0.29, 0.717) is 21.2 Å². The molecule has 0 fully saturated rings. The van der Waals surface area contributed by atoms with Crippen molar-refractivity contribution in [2.24, 2.45) is 0 Å². The zero-order valence-electron chi connectivity index (χ0n) is 11.9. The molecule has 1 N–H and O–H groups in total. The lowest BCUT2D eigenvalue weighted by Crippen LogP contribution is -2.13. The average Bonchev–Trinajstić information content (AvgIpc) is 2.91. The van der Waals surface area contributed by atoms with Gasteiger partial charge >= 0.3 is 0 Å². The van der Waals surface area contributed by atoms with Crippen LogP contribution in [0, 0.1) is 17.0 Å². The van der Waals surface area contributed by atoms with Crippen LogP contribution in [-0.2, 0) is 0 Å². The summed E-state index contributed by atoms with van der Waals surface area (Å²) in [5.41, 5.74) is 1.08. The number of fused-ring (bicyclic) bond motifs is 1. The standard InChI is InChI=1S/C15H10ClN3O3S/c1-8-9(4-2-6-11(8)19(21)22)14(20)18-15-17-13-10(16)5-3-7-12(13)23-15/h2-7H,1H3,(H,17,18,20). The second-order valence-electron chi connectivity index (χ2n) is 4.77. The van der Waals surface area contributed by atoms with E-state index in [1.165, 1.54) is 29.5 Å². The zero-order valence-corrected chi connectivity index (χ0v) is 13.4. The summed E-state index contributed by atoms with van der Waals surface area (Å²) >= 11 is 7.35. The monoisotopic (exact) mass is 347 g/mol. The Morgan fingerprint density at radius 3 is 2.74 bits per heavy atom. The van der Waals surface area contributed by atoms with E-state index in [1.807, 2.05) is 6.07 Å². The van der Waals surface area contributed by atoms with Crippen molar-refractivity contribution in [1.29, 1.82) is 0 Å². The number of nitrogens with zero attached hydrogens (tertiary/aromatic N) is 2. The SMILES string of the molecule is Cc1c(C(=O)Nc2nc3c(Cl)cccc3s2)cccc1[N+](=O)[O-]. The molecule has 3 aromatic rings. The van der Waals surface area contributed by atoms with Gasteiger partial charge in [-0.2, -0.15) is 0 Å². The molecule has 23 heavy (non-hydrogen) atoms. The molecule has 2 aromatic carbocycles. The van der Waals surface area contributed by atoms with Crippen molar-refractivity contribution in [3.05, 3.63) is 62.7 Å². The molecule has 0 saturated carbocycles. The number of aromatic nitrogens is 1. The maximum absolute atomic E-state index is 12.4. The van der Waals surface area contributed by atoms with Gasteiger partial charge in [0.2, 0.25) is 0 Å². The molecule has 1 amide bonds. The van der Waals surface area contributed by atoms with Crippen LogP contribution in [0.2, 0.25) is 5.02 Å². The Balaban J connectivity index is 1.93. The number of nitro benzene ring substituents is 1. The van der Waals surface area contributed by atoms with Crippen molar-refractivity contribution >= 4 is 49.9 Å².